The van der Waals surface area contributed by atoms with Crippen LogP contribution in [0.5, 0.6) is 0 Å². The van der Waals surface area contributed by atoms with Gasteiger partial charge >= 0.3 is 0 Å². The predicted molar refractivity (Wildman–Crippen MR) is 59.0 cm³/mol. The first-order chi connectivity index (χ1) is 7.86. The average Bonchev–Trinajstić information content (AvgIpc) is 2.33. The van der Waals surface area contributed by atoms with Gasteiger partial charge in [0.25, 0.3) is 0 Å². The molecule has 1 heterocycles. The molecule has 0 aliphatic rings. The minimum atomic E-state index is -0.181. The van der Waals surface area contributed by atoms with Gasteiger partial charge in [-0.15, -0.1) is 0 Å². The maximum atomic E-state index is 13.3. The van der Waals surface area contributed by atoms with E-state index in [2.05, 4.69) is 15.3 Å². The molecular formula is C12H12FN3. The molecule has 0 saturated heterocycles. The van der Waals surface area contributed by atoms with Crippen LogP contribution in [0.3, 0.4) is 0 Å². The fourth-order valence-corrected chi connectivity index (χ4v) is 1.40. The molecule has 0 aliphatic heterocycles. The van der Waals surface area contributed by atoms with Crippen molar-refractivity contribution < 1.29 is 4.39 Å². The smallest absolute Gasteiger partial charge is 0.127 e. The Morgan fingerprint density at radius 3 is 2.56 bits per heavy atom. The summed E-state index contributed by atoms with van der Waals surface area (Å²) in [6.45, 7) is 1.14. The Labute approximate surface area is 93.4 Å². The molecule has 0 unspecified atom stereocenters. The normalized spacial score (nSPS) is 10.3. The summed E-state index contributed by atoms with van der Waals surface area (Å²) in [5.41, 5.74) is 1.65. The van der Waals surface area contributed by atoms with Crippen LogP contribution >= 0.6 is 0 Å². The minimum absolute atomic E-state index is 0.181. The highest BCUT2D eigenvalue weighted by molar-refractivity contribution is 5.17. The highest BCUT2D eigenvalue weighted by Gasteiger charge is 1.99. The zero-order valence-electron chi connectivity index (χ0n) is 8.73. The van der Waals surface area contributed by atoms with Gasteiger partial charge in [-0.2, -0.15) is 0 Å². The van der Waals surface area contributed by atoms with Gasteiger partial charge < -0.3 is 5.32 Å². The quantitative estimate of drug-likeness (QED) is 0.850. The van der Waals surface area contributed by atoms with E-state index < -0.39 is 0 Å². The van der Waals surface area contributed by atoms with Crippen LogP contribution in [0.4, 0.5) is 4.39 Å². The molecule has 0 atom stereocenters. The van der Waals surface area contributed by atoms with Crippen LogP contribution in [-0.2, 0) is 13.1 Å². The van der Waals surface area contributed by atoms with E-state index in [9.17, 15) is 4.39 Å². The van der Waals surface area contributed by atoms with Gasteiger partial charge in [0.05, 0.1) is 0 Å². The summed E-state index contributed by atoms with van der Waals surface area (Å²) in [6.07, 6.45) is 4.96. The van der Waals surface area contributed by atoms with Crippen LogP contribution in [0.15, 0.2) is 43.0 Å². The van der Waals surface area contributed by atoms with Gasteiger partial charge in [0.1, 0.15) is 12.1 Å². The molecule has 0 saturated carbocycles. The Kier molecular flexibility index (Phi) is 3.56. The molecule has 0 amide bonds. The lowest BCUT2D eigenvalue weighted by Crippen LogP contribution is -2.13. The van der Waals surface area contributed by atoms with Crippen LogP contribution in [0.1, 0.15) is 11.1 Å². The summed E-state index contributed by atoms with van der Waals surface area (Å²) < 4.78 is 13.3. The van der Waals surface area contributed by atoms with Crippen molar-refractivity contribution in [1.82, 2.24) is 15.3 Å². The predicted octanol–water partition coefficient (Wildman–Crippen LogP) is 1.91. The molecular weight excluding hydrogens is 205 g/mol. The zero-order chi connectivity index (χ0) is 11.2. The van der Waals surface area contributed by atoms with Gasteiger partial charge in [-0.1, -0.05) is 18.2 Å². The number of hydrogen-bond acceptors (Lipinski definition) is 3. The van der Waals surface area contributed by atoms with Gasteiger partial charge in [0.15, 0.2) is 0 Å². The van der Waals surface area contributed by atoms with E-state index in [-0.39, 0.29) is 5.82 Å². The monoisotopic (exact) mass is 217 g/mol. The fraction of sp³-hybridized carbons (Fsp3) is 0.167. The number of benzene rings is 1. The van der Waals surface area contributed by atoms with Crippen LogP contribution < -0.4 is 5.32 Å². The third-order valence-electron chi connectivity index (χ3n) is 2.22. The van der Waals surface area contributed by atoms with Crippen molar-refractivity contribution in [3.8, 4) is 0 Å². The van der Waals surface area contributed by atoms with Crippen molar-refractivity contribution in [3.05, 3.63) is 59.9 Å². The van der Waals surface area contributed by atoms with Gasteiger partial charge in [-0.05, 0) is 6.07 Å². The maximum Gasteiger partial charge on any atom is 0.127 e. The van der Waals surface area contributed by atoms with E-state index in [0.29, 0.717) is 18.7 Å². The van der Waals surface area contributed by atoms with Crippen LogP contribution in [0.25, 0.3) is 0 Å². The van der Waals surface area contributed by atoms with Gasteiger partial charge in [-0.25, -0.2) is 14.4 Å². The molecule has 4 heteroatoms. The maximum absolute atomic E-state index is 13.3. The number of nitrogens with zero attached hydrogens (tertiary/aromatic N) is 2. The summed E-state index contributed by atoms with van der Waals surface area (Å²) in [4.78, 5) is 7.81. The summed E-state index contributed by atoms with van der Waals surface area (Å²) in [6, 6.07) is 6.74. The Balaban J connectivity index is 1.87. The summed E-state index contributed by atoms with van der Waals surface area (Å²) in [7, 11) is 0. The molecule has 3 nitrogen and oxygen atoms in total. The Morgan fingerprint density at radius 2 is 1.81 bits per heavy atom. The number of rotatable bonds is 4. The summed E-state index contributed by atoms with van der Waals surface area (Å²) >= 11 is 0. The fourth-order valence-electron chi connectivity index (χ4n) is 1.40. The molecule has 2 rings (SSSR count). The average molecular weight is 217 g/mol. The number of halogens is 1. The molecule has 0 spiro atoms. The molecule has 0 bridgehead atoms. The molecule has 0 radical (unpaired) electrons. The van der Waals surface area contributed by atoms with Crippen molar-refractivity contribution in [3.63, 3.8) is 0 Å². The second-order valence-electron chi connectivity index (χ2n) is 3.44. The Bertz CT molecular complexity index is 445. The zero-order valence-corrected chi connectivity index (χ0v) is 8.73. The second-order valence-corrected chi connectivity index (χ2v) is 3.44. The van der Waals surface area contributed by atoms with Crippen molar-refractivity contribution in [2.24, 2.45) is 0 Å². The Hall–Kier alpha value is -1.81. The van der Waals surface area contributed by atoms with Crippen LogP contribution in [-0.4, -0.2) is 9.97 Å². The lowest BCUT2D eigenvalue weighted by atomic mass is 10.2. The number of nitrogens with one attached hydrogen (secondary N) is 1. The van der Waals surface area contributed by atoms with E-state index in [1.54, 1.807) is 24.5 Å². The lowest BCUT2D eigenvalue weighted by molar-refractivity contribution is 0.587. The van der Waals surface area contributed by atoms with Crippen molar-refractivity contribution >= 4 is 0 Å². The SMILES string of the molecule is Fc1ccccc1CNCc1cncnc1. The van der Waals surface area contributed by atoms with Crippen LogP contribution in [0, 0.1) is 5.82 Å². The van der Waals surface area contributed by atoms with Gasteiger partial charge in [-0.3, -0.25) is 0 Å². The first kappa shape index (κ1) is 10.7. The highest BCUT2D eigenvalue weighted by Crippen LogP contribution is 2.05. The van der Waals surface area contributed by atoms with Crippen molar-refractivity contribution in [2.75, 3.05) is 0 Å². The topological polar surface area (TPSA) is 37.8 Å². The number of aromatic nitrogens is 2. The molecule has 82 valence electrons. The minimum Gasteiger partial charge on any atom is -0.308 e. The van der Waals surface area contributed by atoms with E-state index in [1.165, 1.54) is 12.4 Å². The van der Waals surface area contributed by atoms with Crippen molar-refractivity contribution in [1.29, 1.82) is 0 Å². The van der Waals surface area contributed by atoms with Crippen molar-refractivity contribution in [2.45, 2.75) is 13.1 Å². The molecule has 1 aromatic heterocycles. The first-order valence-electron chi connectivity index (χ1n) is 5.04. The lowest BCUT2D eigenvalue weighted by Gasteiger charge is -2.05. The summed E-state index contributed by atoms with van der Waals surface area (Å²) in [5.74, 6) is -0.181. The van der Waals surface area contributed by atoms with E-state index >= 15 is 0 Å². The highest BCUT2D eigenvalue weighted by atomic mass is 19.1. The third-order valence-corrected chi connectivity index (χ3v) is 2.22. The molecule has 2 aromatic rings. The summed E-state index contributed by atoms with van der Waals surface area (Å²) in [5, 5.41) is 3.14. The van der Waals surface area contributed by atoms with Gasteiger partial charge in [0.2, 0.25) is 0 Å². The second kappa shape index (κ2) is 5.32. The van der Waals surface area contributed by atoms with Gasteiger partial charge in [0, 0.05) is 36.6 Å². The molecule has 0 fully saturated rings. The molecule has 0 aliphatic carbocycles. The molecule has 1 N–H and O–H groups in total. The first-order valence-corrected chi connectivity index (χ1v) is 5.04. The van der Waals surface area contributed by atoms with E-state index in [1.807, 2.05) is 6.07 Å². The standard InChI is InChI=1S/C12H12FN3/c13-12-4-2-1-3-11(12)8-14-5-10-6-15-9-16-7-10/h1-4,6-7,9,14H,5,8H2. The molecule has 1 aromatic carbocycles. The molecule has 16 heavy (non-hydrogen) atoms. The van der Waals surface area contributed by atoms with E-state index in [0.717, 1.165) is 5.56 Å². The third kappa shape index (κ3) is 2.84. The Morgan fingerprint density at radius 1 is 1.06 bits per heavy atom. The largest absolute Gasteiger partial charge is 0.308 e. The van der Waals surface area contributed by atoms with E-state index in [4.69, 9.17) is 0 Å². The van der Waals surface area contributed by atoms with Crippen LogP contribution in [0.2, 0.25) is 0 Å². The number of hydrogen-bond donors (Lipinski definition) is 1.